The summed E-state index contributed by atoms with van der Waals surface area (Å²) in [5.41, 5.74) is 0. The molecule has 0 aromatic heterocycles. The number of urea groups is 1. The molecule has 0 aliphatic carbocycles. The van der Waals surface area contributed by atoms with Crippen LogP contribution >= 0.6 is 0 Å². The first-order valence-electron chi connectivity index (χ1n) is 5.49. The third-order valence-electron chi connectivity index (χ3n) is 2.73. The molecule has 1 fully saturated rings. The number of hydrogen-bond donors (Lipinski definition) is 3. The lowest BCUT2D eigenvalue weighted by molar-refractivity contribution is -0.135. The van der Waals surface area contributed by atoms with Gasteiger partial charge in [0.2, 0.25) is 0 Å². The Morgan fingerprint density at radius 2 is 2.19 bits per heavy atom. The van der Waals surface area contributed by atoms with Crippen molar-refractivity contribution in [3.8, 4) is 0 Å². The number of hydrogen-bond acceptors (Lipinski definition) is 3. The first-order valence-corrected chi connectivity index (χ1v) is 5.49. The van der Waals surface area contributed by atoms with E-state index in [0.717, 1.165) is 12.8 Å². The second-order valence-electron chi connectivity index (χ2n) is 4.02. The highest BCUT2D eigenvalue weighted by molar-refractivity contribution is 5.79. The zero-order valence-electron chi connectivity index (χ0n) is 9.19. The van der Waals surface area contributed by atoms with Crippen molar-refractivity contribution in [3.05, 3.63) is 0 Å². The van der Waals surface area contributed by atoms with Gasteiger partial charge in [-0.1, -0.05) is 0 Å². The molecule has 92 valence electrons. The van der Waals surface area contributed by atoms with E-state index >= 15 is 0 Å². The Balaban J connectivity index is 2.34. The number of carbonyl (C=O) groups is 2. The Hall–Kier alpha value is -1.30. The fraction of sp³-hybridized carbons (Fsp3) is 0.800. The number of carbonyl (C=O) groups excluding carboxylic acids is 1. The van der Waals surface area contributed by atoms with E-state index < -0.39 is 5.97 Å². The van der Waals surface area contributed by atoms with Crippen LogP contribution in [0.5, 0.6) is 0 Å². The van der Waals surface area contributed by atoms with E-state index in [0.29, 0.717) is 25.4 Å². The Kier molecular flexibility index (Phi) is 5.04. The van der Waals surface area contributed by atoms with Crippen LogP contribution in [0, 0.1) is 5.92 Å². The van der Waals surface area contributed by atoms with Gasteiger partial charge in [0.1, 0.15) is 6.54 Å². The number of rotatable bonds is 4. The number of carboxylic acids is 1. The van der Waals surface area contributed by atoms with Crippen molar-refractivity contribution in [1.82, 2.24) is 10.2 Å². The van der Waals surface area contributed by atoms with Crippen molar-refractivity contribution in [1.29, 1.82) is 0 Å². The van der Waals surface area contributed by atoms with Gasteiger partial charge in [0, 0.05) is 19.7 Å². The van der Waals surface area contributed by atoms with Gasteiger partial charge in [-0.15, -0.1) is 0 Å². The molecule has 1 rings (SSSR count). The van der Waals surface area contributed by atoms with Gasteiger partial charge in [-0.25, -0.2) is 4.79 Å². The number of likely N-dealkylation sites (tertiary alicyclic amines) is 1. The Morgan fingerprint density at radius 1 is 1.44 bits per heavy atom. The van der Waals surface area contributed by atoms with E-state index in [2.05, 4.69) is 5.32 Å². The number of amides is 2. The number of nitrogens with zero attached hydrogens (tertiary/aromatic N) is 1. The quantitative estimate of drug-likeness (QED) is 0.628. The average molecular weight is 230 g/mol. The smallest absolute Gasteiger partial charge is 0.323 e. The van der Waals surface area contributed by atoms with Crippen LogP contribution in [-0.4, -0.2) is 53.4 Å². The molecule has 6 nitrogen and oxygen atoms in total. The first-order chi connectivity index (χ1) is 7.63. The second-order valence-corrected chi connectivity index (χ2v) is 4.02. The molecule has 0 aromatic carbocycles. The molecule has 6 heteroatoms. The van der Waals surface area contributed by atoms with E-state index in [4.69, 9.17) is 10.2 Å². The van der Waals surface area contributed by atoms with Gasteiger partial charge >= 0.3 is 12.0 Å². The molecule has 1 heterocycles. The second kappa shape index (κ2) is 6.32. The summed E-state index contributed by atoms with van der Waals surface area (Å²) in [6, 6.07) is -0.329. The molecule has 1 saturated heterocycles. The standard InChI is InChI=1S/C10H18N2O4/c13-5-3-8-2-1-4-12(7-8)10(16)11-6-9(14)15/h8,13H,1-7H2,(H,11,16)(H,14,15). The molecule has 3 N–H and O–H groups in total. The summed E-state index contributed by atoms with van der Waals surface area (Å²) in [6.07, 6.45) is 2.62. The summed E-state index contributed by atoms with van der Waals surface area (Å²) in [4.78, 5) is 23.4. The molecule has 16 heavy (non-hydrogen) atoms. The minimum atomic E-state index is -1.04. The Morgan fingerprint density at radius 3 is 2.81 bits per heavy atom. The minimum Gasteiger partial charge on any atom is -0.480 e. The van der Waals surface area contributed by atoms with E-state index in [9.17, 15) is 9.59 Å². The SMILES string of the molecule is O=C(O)CNC(=O)N1CCCC(CCO)C1. The predicted octanol–water partition coefficient (Wildman–Crippen LogP) is -0.125. The maximum absolute atomic E-state index is 11.5. The third-order valence-corrected chi connectivity index (χ3v) is 2.73. The first kappa shape index (κ1) is 12.8. The summed E-state index contributed by atoms with van der Waals surface area (Å²) in [6.45, 7) is 1.05. The van der Waals surface area contributed by atoms with Crippen molar-refractivity contribution in [3.63, 3.8) is 0 Å². The zero-order chi connectivity index (χ0) is 12.0. The summed E-state index contributed by atoms with van der Waals surface area (Å²) >= 11 is 0. The molecule has 2 amide bonds. The van der Waals surface area contributed by atoms with Gasteiger partial charge < -0.3 is 20.4 Å². The van der Waals surface area contributed by atoms with Crippen molar-refractivity contribution in [2.45, 2.75) is 19.3 Å². The molecule has 0 saturated carbocycles. The topological polar surface area (TPSA) is 89.9 Å². The molecule has 1 atom stereocenters. The highest BCUT2D eigenvalue weighted by Gasteiger charge is 2.23. The fourth-order valence-electron chi connectivity index (χ4n) is 1.93. The maximum atomic E-state index is 11.5. The molecular formula is C10H18N2O4. The van der Waals surface area contributed by atoms with Crippen molar-refractivity contribution < 1.29 is 19.8 Å². The predicted molar refractivity (Wildman–Crippen MR) is 57.0 cm³/mol. The van der Waals surface area contributed by atoms with E-state index in [1.54, 1.807) is 4.90 Å². The fourth-order valence-corrected chi connectivity index (χ4v) is 1.93. The number of carboxylic acid groups (broad SMARTS) is 1. The van der Waals surface area contributed by atoms with Crippen LogP contribution in [0.2, 0.25) is 0 Å². The van der Waals surface area contributed by atoms with Crippen LogP contribution in [-0.2, 0) is 4.79 Å². The normalized spacial score (nSPS) is 20.6. The van der Waals surface area contributed by atoms with Crippen molar-refractivity contribution in [2.24, 2.45) is 5.92 Å². The van der Waals surface area contributed by atoms with E-state index in [1.807, 2.05) is 0 Å². The van der Waals surface area contributed by atoms with Crippen LogP contribution in [0.4, 0.5) is 4.79 Å². The van der Waals surface area contributed by atoms with E-state index in [1.165, 1.54) is 0 Å². The zero-order valence-corrected chi connectivity index (χ0v) is 9.19. The molecule has 0 bridgehead atoms. The van der Waals surface area contributed by atoms with Gasteiger partial charge in [-0.3, -0.25) is 4.79 Å². The molecule has 0 spiro atoms. The number of aliphatic hydroxyl groups excluding tert-OH is 1. The summed E-state index contributed by atoms with van der Waals surface area (Å²) in [5.74, 6) is -0.716. The highest BCUT2D eigenvalue weighted by atomic mass is 16.4. The van der Waals surface area contributed by atoms with Crippen LogP contribution in [0.15, 0.2) is 0 Å². The van der Waals surface area contributed by atoms with Crippen molar-refractivity contribution >= 4 is 12.0 Å². The number of aliphatic hydroxyl groups is 1. The summed E-state index contributed by atoms with van der Waals surface area (Å²) in [5, 5.41) is 19.6. The Labute approximate surface area is 94.2 Å². The van der Waals surface area contributed by atoms with Gasteiger partial charge in [0.25, 0.3) is 0 Å². The molecule has 0 radical (unpaired) electrons. The largest absolute Gasteiger partial charge is 0.480 e. The van der Waals surface area contributed by atoms with Crippen LogP contribution in [0.1, 0.15) is 19.3 Å². The molecule has 1 unspecified atom stereocenters. The molecule has 0 aromatic rings. The number of piperidine rings is 1. The van der Waals surface area contributed by atoms with Crippen LogP contribution < -0.4 is 5.32 Å². The average Bonchev–Trinajstić information content (AvgIpc) is 2.26. The minimum absolute atomic E-state index is 0.134. The lowest BCUT2D eigenvalue weighted by Gasteiger charge is -2.32. The summed E-state index contributed by atoms with van der Waals surface area (Å²) in [7, 11) is 0. The van der Waals surface area contributed by atoms with Crippen molar-refractivity contribution in [2.75, 3.05) is 26.2 Å². The number of nitrogens with one attached hydrogen (secondary N) is 1. The third kappa shape index (κ3) is 4.06. The number of aliphatic carboxylic acids is 1. The van der Waals surface area contributed by atoms with Crippen LogP contribution in [0.3, 0.4) is 0 Å². The van der Waals surface area contributed by atoms with Gasteiger partial charge in [-0.2, -0.15) is 0 Å². The highest BCUT2D eigenvalue weighted by Crippen LogP contribution is 2.18. The molecule has 1 aliphatic rings. The summed E-state index contributed by atoms with van der Waals surface area (Å²) < 4.78 is 0. The molecular weight excluding hydrogens is 212 g/mol. The molecule has 1 aliphatic heterocycles. The lowest BCUT2D eigenvalue weighted by Crippen LogP contribution is -2.46. The lowest BCUT2D eigenvalue weighted by atomic mass is 9.95. The monoisotopic (exact) mass is 230 g/mol. The Bertz CT molecular complexity index is 255. The van der Waals surface area contributed by atoms with Gasteiger partial charge in [0.15, 0.2) is 0 Å². The van der Waals surface area contributed by atoms with Gasteiger partial charge in [0.05, 0.1) is 0 Å². The maximum Gasteiger partial charge on any atom is 0.323 e. The van der Waals surface area contributed by atoms with E-state index in [-0.39, 0.29) is 19.2 Å². The van der Waals surface area contributed by atoms with Gasteiger partial charge in [-0.05, 0) is 25.2 Å². The van der Waals surface area contributed by atoms with Crippen LogP contribution in [0.25, 0.3) is 0 Å².